The smallest absolute Gasteiger partial charge is 0.335 e. The summed E-state index contributed by atoms with van der Waals surface area (Å²) in [4.78, 5) is 11.5. The Morgan fingerprint density at radius 1 is 1.12 bits per heavy atom. The fraction of sp³-hybridized carbons (Fsp3) is 0.381. The summed E-state index contributed by atoms with van der Waals surface area (Å²) in [5, 5.41) is 9.43. The monoisotopic (exact) mass is 344 g/mol. The van der Waals surface area contributed by atoms with Crippen LogP contribution in [0.5, 0.6) is 5.75 Å². The topological polar surface area (TPSA) is 46.5 Å². The van der Waals surface area contributed by atoms with Crippen molar-refractivity contribution in [3.05, 3.63) is 53.3 Å². The van der Waals surface area contributed by atoms with Gasteiger partial charge in [-0.05, 0) is 53.6 Å². The molecule has 0 aliphatic heterocycles. The molecule has 1 N–H and O–H groups in total. The van der Waals surface area contributed by atoms with Crippen molar-refractivity contribution < 1.29 is 19.0 Å². The molecule has 2 aromatic carbocycles. The standard InChI is InChI=1S/C21H25FO3/c1-4-6-14(3)18-12-15(7-9-17(18)21(23)24)16-8-10-20(19(22)13-16)25-11-5-2/h7-10,12-14H,4-6,11H2,1-3H3,(H,23,24). The summed E-state index contributed by atoms with van der Waals surface area (Å²) in [6.45, 7) is 6.54. The Morgan fingerprint density at radius 2 is 1.80 bits per heavy atom. The van der Waals surface area contributed by atoms with Crippen molar-refractivity contribution in [3.8, 4) is 16.9 Å². The van der Waals surface area contributed by atoms with Gasteiger partial charge in [-0.25, -0.2) is 9.18 Å². The van der Waals surface area contributed by atoms with Gasteiger partial charge in [-0.3, -0.25) is 0 Å². The van der Waals surface area contributed by atoms with Crippen LogP contribution in [0.2, 0.25) is 0 Å². The van der Waals surface area contributed by atoms with E-state index >= 15 is 0 Å². The predicted molar refractivity (Wildman–Crippen MR) is 97.9 cm³/mol. The van der Waals surface area contributed by atoms with Gasteiger partial charge in [0.2, 0.25) is 0 Å². The lowest BCUT2D eigenvalue weighted by Gasteiger charge is -2.16. The highest BCUT2D eigenvalue weighted by Gasteiger charge is 2.17. The van der Waals surface area contributed by atoms with Gasteiger partial charge in [0.05, 0.1) is 12.2 Å². The molecule has 25 heavy (non-hydrogen) atoms. The zero-order chi connectivity index (χ0) is 18.4. The summed E-state index contributed by atoms with van der Waals surface area (Å²) in [6.07, 6.45) is 2.70. The van der Waals surface area contributed by atoms with Gasteiger partial charge in [-0.15, -0.1) is 0 Å². The molecule has 0 heterocycles. The van der Waals surface area contributed by atoms with E-state index in [0.717, 1.165) is 30.4 Å². The second-order valence-electron chi connectivity index (χ2n) is 6.29. The third-order valence-corrected chi connectivity index (χ3v) is 4.26. The van der Waals surface area contributed by atoms with Crippen LogP contribution in [0.25, 0.3) is 11.1 Å². The van der Waals surface area contributed by atoms with Crippen molar-refractivity contribution in [3.63, 3.8) is 0 Å². The summed E-state index contributed by atoms with van der Waals surface area (Å²) in [5.74, 6) is -0.962. The van der Waals surface area contributed by atoms with Crippen molar-refractivity contribution in [2.45, 2.75) is 46.0 Å². The number of rotatable bonds is 8. The van der Waals surface area contributed by atoms with Gasteiger partial charge in [0, 0.05) is 0 Å². The fourth-order valence-corrected chi connectivity index (χ4v) is 2.94. The predicted octanol–water partition coefficient (Wildman–Crippen LogP) is 5.88. The molecule has 0 aliphatic rings. The van der Waals surface area contributed by atoms with Crippen molar-refractivity contribution in [2.75, 3.05) is 6.61 Å². The van der Waals surface area contributed by atoms with Crippen LogP contribution in [0, 0.1) is 5.82 Å². The second kappa shape index (κ2) is 8.65. The van der Waals surface area contributed by atoms with E-state index < -0.39 is 11.8 Å². The Morgan fingerprint density at radius 3 is 2.40 bits per heavy atom. The van der Waals surface area contributed by atoms with Gasteiger partial charge < -0.3 is 9.84 Å². The number of halogens is 1. The zero-order valence-corrected chi connectivity index (χ0v) is 15.0. The van der Waals surface area contributed by atoms with E-state index in [0.29, 0.717) is 17.7 Å². The first kappa shape index (κ1) is 19.0. The summed E-state index contributed by atoms with van der Waals surface area (Å²) >= 11 is 0. The van der Waals surface area contributed by atoms with E-state index in [1.54, 1.807) is 24.3 Å². The minimum Gasteiger partial charge on any atom is -0.491 e. The molecular weight excluding hydrogens is 319 g/mol. The van der Waals surface area contributed by atoms with Gasteiger partial charge in [0.15, 0.2) is 11.6 Å². The minimum atomic E-state index is -0.931. The average Bonchev–Trinajstić information content (AvgIpc) is 2.60. The van der Waals surface area contributed by atoms with Crippen LogP contribution >= 0.6 is 0 Å². The Hall–Kier alpha value is -2.36. The molecule has 0 fully saturated rings. The maximum atomic E-state index is 14.2. The highest BCUT2D eigenvalue weighted by molar-refractivity contribution is 5.90. The molecule has 4 heteroatoms. The third-order valence-electron chi connectivity index (χ3n) is 4.26. The molecule has 2 rings (SSSR count). The fourth-order valence-electron chi connectivity index (χ4n) is 2.94. The van der Waals surface area contributed by atoms with E-state index in [2.05, 4.69) is 6.92 Å². The molecule has 1 atom stereocenters. The Balaban J connectivity index is 2.40. The number of carboxylic acid groups (broad SMARTS) is 1. The van der Waals surface area contributed by atoms with Gasteiger partial charge in [-0.1, -0.05) is 45.4 Å². The zero-order valence-electron chi connectivity index (χ0n) is 15.0. The molecule has 2 aromatic rings. The van der Waals surface area contributed by atoms with Crippen LogP contribution in [0.3, 0.4) is 0 Å². The highest BCUT2D eigenvalue weighted by Crippen LogP contribution is 2.31. The maximum absolute atomic E-state index is 14.2. The number of benzene rings is 2. The largest absolute Gasteiger partial charge is 0.491 e. The molecular formula is C21H25FO3. The van der Waals surface area contributed by atoms with Gasteiger partial charge >= 0.3 is 5.97 Å². The number of hydrogen-bond donors (Lipinski definition) is 1. The lowest BCUT2D eigenvalue weighted by molar-refractivity contribution is 0.0695. The molecule has 0 radical (unpaired) electrons. The minimum absolute atomic E-state index is 0.132. The molecule has 3 nitrogen and oxygen atoms in total. The molecule has 134 valence electrons. The highest BCUT2D eigenvalue weighted by atomic mass is 19.1. The Labute approximate surface area is 148 Å². The van der Waals surface area contributed by atoms with E-state index in [1.165, 1.54) is 6.07 Å². The van der Waals surface area contributed by atoms with Crippen LogP contribution in [-0.4, -0.2) is 17.7 Å². The van der Waals surface area contributed by atoms with E-state index in [1.807, 2.05) is 19.9 Å². The van der Waals surface area contributed by atoms with Gasteiger partial charge in [-0.2, -0.15) is 0 Å². The first-order chi connectivity index (χ1) is 12.0. The number of ether oxygens (including phenoxy) is 1. The number of hydrogen-bond acceptors (Lipinski definition) is 2. The first-order valence-corrected chi connectivity index (χ1v) is 8.77. The maximum Gasteiger partial charge on any atom is 0.335 e. The summed E-state index contributed by atoms with van der Waals surface area (Å²) in [7, 11) is 0. The molecule has 0 aromatic heterocycles. The molecule has 0 spiro atoms. The summed E-state index contributed by atoms with van der Waals surface area (Å²) in [6, 6.07) is 10.1. The Bertz CT molecular complexity index is 740. The lowest BCUT2D eigenvalue weighted by atomic mass is 9.89. The van der Waals surface area contributed by atoms with Crippen molar-refractivity contribution in [1.82, 2.24) is 0 Å². The van der Waals surface area contributed by atoms with Crippen molar-refractivity contribution in [2.24, 2.45) is 0 Å². The van der Waals surface area contributed by atoms with E-state index in [-0.39, 0.29) is 11.7 Å². The van der Waals surface area contributed by atoms with Crippen LogP contribution < -0.4 is 4.74 Å². The normalized spacial score (nSPS) is 12.0. The lowest BCUT2D eigenvalue weighted by Crippen LogP contribution is -2.06. The van der Waals surface area contributed by atoms with Gasteiger partial charge in [0.1, 0.15) is 0 Å². The first-order valence-electron chi connectivity index (χ1n) is 8.77. The van der Waals surface area contributed by atoms with E-state index in [4.69, 9.17) is 4.74 Å². The van der Waals surface area contributed by atoms with Crippen LogP contribution in [0.1, 0.15) is 61.9 Å². The molecule has 0 saturated carbocycles. The molecule has 0 amide bonds. The number of aromatic carboxylic acids is 1. The quantitative estimate of drug-likeness (QED) is 0.650. The summed E-state index contributed by atoms with van der Waals surface area (Å²) in [5.41, 5.74) is 2.62. The number of carbonyl (C=O) groups is 1. The van der Waals surface area contributed by atoms with Crippen LogP contribution in [0.4, 0.5) is 4.39 Å². The SMILES string of the molecule is CCCOc1ccc(-c2ccc(C(=O)O)c(C(C)CCC)c2)cc1F. The molecule has 0 saturated heterocycles. The molecule has 0 bridgehead atoms. The number of carboxylic acids is 1. The van der Waals surface area contributed by atoms with Crippen LogP contribution in [0.15, 0.2) is 36.4 Å². The van der Waals surface area contributed by atoms with Crippen molar-refractivity contribution >= 4 is 5.97 Å². The second-order valence-corrected chi connectivity index (χ2v) is 6.29. The molecule has 1 unspecified atom stereocenters. The Kier molecular flexibility index (Phi) is 6.57. The third kappa shape index (κ3) is 4.59. The molecule has 0 aliphatic carbocycles. The van der Waals surface area contributed by atoms with Crippen molar-refractivity contribution in [1.29, 1.82) is 0 Å². The van der Waals surface area contributed by atoms with Crippen LogP contribution in [-0.2, 0) is 0 Å². The van der Waals surface area contributed by atoms with Gasteiger partial charge in [0.25, 0.3) is 0 Å². The average molecular weight is 344 g/mol. The van der Waals surface area contributed by atoms with E-state index in [9.17, 15) is 14.3 Å². The summed E-state index contributed by atoms with van der Waals surface area (Å²) < 4.78 is 19.6.